The molecule has 1 aromatic rings. The largest absolute Gasteiger partial charge is 0.458 e. The number of rotatable bonds is 5. The Balaban J connectivity index is 1.40. The predicted octanol–water partition coefficient (Wildman–Crippen LogP) is 4.44. The maximum atomic E-state index is 17.6. The smallest absolute Gasteiger partial charge is 0.303 e. The fourth-order valence-corrected chi connectivity index (χ4v) is 9.76. The molecule has 0 unspecified atom stereocenters. The monoisotopic (exact) mass is 589 g/mol. The van der Waals surface area contributed by atoms with Gasteiger partial charge in [0.2, 0.25) is 0 Å². The molecule has 4 fully saturated rings. The van der Waals surface area contributed by atoms with E-state index < -0.39 is 76.0 Å². The summed E-state index contributed by atoms with van der Waals surface area (Å²) in [7, 11) is 0. The first kappa shape index (κ1) is 29.2. The molecule has 1 aromatic carbocycles. The molecule has 0 aromatic heterocycles. The van der Waals surface area contributed by atoms with Gasteiger partial charge in [-0.1, -0.05) is 13.0 Å². The van der Waals surface area contributed by atoms with Crippen molar-refractivity contribution >= 4 is 17.5 Å². The highest BCUT2D eigenvalue weighted by Crippen LogP contribution is 2.74. The number of fused-ring (bicyclic) bond motifs is 7. The number of aliphatic hydroxyl groups excluding tert-OH is 1. The molecule has 1 aliphatic heterocycles. The number of hydrogen-bond donors (Lipinski definition) is 1. The van der Waals surface area contributed by atoms with Crippen molar-refractivity contribution < 1.29 is 41.8 Å². The summed E-state index contributed by atoms with van der Waals surface area (Å²) in [6.07, 6.45) is 0.604. The molecule has 1 N–H and O–H groups in total. The fourth-order valence-electron chi connectivity index (χ4n) is 9.76. The lowest BCUT2D eigenvalue weighted by Crippen LogP contribution is -2.69. The van der Waals surface area contributed by atoms with Crippen molar-refractivity contribution in [2.75, 3.05) is 19.7 Å². The fraction of sp³-hybridized carbons (Fsp3) is 0.594. The van der Waals surface area contributed by atoms with E-state index in [1.165, 1.54) is 38.1 Å². The number of carbonyl (C=O) groups is 3. The predicted molar refractivity (Wildman–Crippen MR) is 143 cm³/mol. The number of halogens is 4. The number of nitrogens with zero attached hydrogens (tertiary/aromatic N) is 1. The van der Waals surface area contributed by atoms with Crippen molar-refractivity contribution in [1.82, 2.24) is 4.90 Å². The minimum absolute atomic E-state index is 0.0312. The normalized spacial score (nSPS) is 42.3. The molecular formula is C32H35F4NO5. The molecular weight excluding hydrogens is 554 g/mol. The molecule has 5 aliphatic rings. The van der Waals surface area contributed by atoms with Crippen LogP contribution in [0.4, 0.5) is 17.6 Å². The second-order valence-corrected chi connectivity index (χ2v) is 13.4. The molecule has 1 heterocycles. The standard InChI is InChI=1S/C32H35F4NO5/c1-17(38)42-15-28(41)31-16-37(13-18-6-20(33)9-21(34)7-18)14-19(31)8-23-24-11-26(35)25-10-22(39)4-5-29(25,2)32(24,36)27(40)12-30(23,31)3/h4-7,9-10,19,23-24,26-27,40H,8,11-16H2,1-3H3/t19-,23-,24-,26-,27-,29-,30-,31+,32-/m0/s1. The molecule has 0 spiro atoms. The number of Topliss-reactive ketones (excluding diaryl/α,β-unsaturated/α-hetero) is 1. The van der Waals surface area contributed by atoms with Crippen molar-refractivity contribution in [2.24, 2.45) is 34.0 Å². The van der Waals surface area contributed by atoms with E-state index in [4.69, 9.17) is 4.74 Å². The van der Waals surface area contributed by atoms with Gasteiger partial charge in [-0.05, 0) is 78.9 Å². The second-order valence-electron chi connectivity index (χ2n) is 13.4. The third kappa shape index (κ3) is 3.86. The molecule has 10 heteroatoms. The number of alkyl halides is 2. The van der Waals surface area contributed by atoms with Gasteiger partial charge in [0, 0.05) is 44.0 Å². The first-order valence-corrected chi connectivity index (χ1v) is 14.5. The van der Waals surface area contributed by atoms with Gasteiger partial charge in [-0.15, -0.1) is 0 Å². The van der Waals surface area contributed by atoms with Gasteiger partial charge in [0.05, 0.1) is 11.5 Å². The van der Waals surface area contributed by atoms with Crippen LogP contribution in [-0.4, -0.2) is 65.2 Å². The lowest BCUT2D eigenvalue weighted by atomic mass is 9.43. The molecule has 3 saturated carbocycles. The van der Waals surface area contributed by atoms with Gasteiger partial charge >= 0.3 is 5.97 Å². The number of ketones is 2. The zero-order valence-electron chi connectivity index (χ0n) is 23.8. The van der Waals surface area contributed by atoms with E-state index in [2.05, 4.69) is 0 Å². The van der Waals surface area contributed by atoms with Crippen LogP contribution in [0.1, 0.15) is 45.6 Å². The van der Waals surface area contributed by atoms with Crippen molar-refractivity contribution in [3.05, 3.63) is 59.2 Å². The molecule has 4 aliphatic carbocycles. The topological polar surface area (TPSA) is 83.9 Å². The Kier molecular flexibility index (Phi) is 6.66. The van der Waals surface area contributed by atoms with Gasteiger partial charge in [-0.25, -0.2) is 17.6 Å². The molecule has 0 bridgehead atoms. The van der Waals surface area contributed by atoms with Gasteiger partial charge < -0.3 is 9.84 Å². The zero-order valence-corrected chi connectivity index (χ0v) is 23.8. The summed E-state index contributed by atoms with van der Waals surface area (Å²) in [6.45, 7) is 4.73. The highest BCUT2D eigenvalue weighted by atomic mass is 19.2. The molecule has 226 valence electrons. The van der Waals surface area contributed by atoms with Crippen molar-refractivity contribution in [3.8, 4) is 0 Å². The number of esters is 1. The maximum absolute atomic E-state index is 17.6. The van der Waals surface area contributed by atoms with Crippen molar-refractivity contribution in [2.45, 2.75) is 64.5 Å². The van der Waals surface area contributed by atoms with Crippen LogP contribution in [-0.2, 0) is 25.7 Å². The van der Waals surface area contributed by atoms with Gasteiger partial charge in [-0.2, -0.15) is 0 Å². The van der Waals surface area contributed by atoms with Gasteiger partial charge in [0.25, 0.3) is 0 Å². The Morgan fingerprint density at radius 3 is 2.48 bits per heavy atom. The number of likely N-dealkylation sites (tertiary alicyclic amines) is 1. The highest BCUT2D eigenvalue weighted by Gasteiger charge is 2.78. The SMILES string of the molecule is CC(=O)OCC(=O)[C@@]12CN(Cc3cc(F)cc(F)c3)C[C@@H]1C[C@H]1[C@@H]3C[C@H](F)C4=CC(=O)C=C[C@]4(C)[C@@]3(F)[C@@H](O)C[C@@]12C. The van der Waals surface area contributed by atoms with Gasteiger partial charge in [0.1, 0.15) is 17.8 Å². The van der Waals surface area contributed by atoms with Crippen LogP contribution in [0.15, 0.2) is 42.0 Å². The van der Waals surface area contributed by atoms with E-state index in [-0.39, 0.29) is 43.2 Å². The Hall–Kier alpha value is -2.85. The van der Waals surface area contributed by atoms with Gasteiger partial charge in [-0.3, -0.25) is 19.3 Å². The lowest BCUT2D eigenvalue weighted by molar-refractivity contribution is -0.212. The van der Waals surface area contributed by atoms with Crippen LogP contribution in [0.25, 0.3) is 0 Å². The van der Waals surface area contributed by atoms with Crippen molar-refractivity contribution in [1.29, 1.82) is 0 Å². The number of carbonyl (C=O) groups excluding carboxylic acids is 3. The number of aliphatic hydroxyl groups is 1. The van der Waals surface area contributed by atoms with Crippen LogP contribution >= 0.6 is 0 Å². The van der Waals surface area contributed by atoms with E-state index in [9.17, 15) is 28.3 Å². The van der Waals surface area contributed by atoms with Crippen LogP contribution in [0, 0.1) is 45.6 Å². The summed E-state index contributed by atoms with van der Waals surface area (Å²) in [6, 6.07) is 3.24. The average Bonchev–Trinajstić information content (AvgIpc) is 3.37. The Morgan fingerprint density at radius 1 is 1.12 bits per heavy atom. The van der Waals surface area contributed by atoms with E-state index in [1.54, 1.807) is 0 Å². The Labute approximate surface area is 241 Å². The van der Waals surface area contributed by atoms with Crippen LogP contribution in [0.2, 0.25) is 0 Å². The molecule has 6 rings (SSSR count). The molecule has 0 amide bonds. The quantitative estimate of drug-likeness (QED) is 0.404. The Morgan fingerprint density at radius 2 is 1.81 bits per heavy atom. The summed E-state index contributed by atoms with van der Waals surface area (Å²) < 4.78 is 66.4. The highest BCUT2D eigenvalue weighted by molar-refractivity contribution is 6.01. The third-order valence-electron chi connectivity index (χ3n) is 11.5. The average molecular weight is 590 g/mol. The summed E-state index contributed by atoms with van der Waals surface area (Å²) in [5.41, 5.74) is -5.57. The van der Waals surface area contributed by atoms with Crippen molar-refractivity contribution in [3.63, 3.8) is 0 Å². The lowest BCUT2D eigenvalue weighted by Gasteiger charge is -2.63. The Bertz CT molecular complexity index is 1410. The molecule has 9 atom stereocenters. The number of ether oxygens (including phenoxy) is 1. The summed E-state index contributed by atoms with van der Waals surface area (Å²) in [5.74, 6) is -4.64. The van der Waals surface area contributed by atoms with Gasteiger partial charge in [0.15, 0.2) is 23.8 Å². The molecule has 1 saturated heterocycles. The van der Waals surface area contributed by atoms with E-state index in [0.29, 0.717) is 18.5 Å². The molecule has 6 nitrogen and oxygen atoms in total. The summed E-state index contributed by atoms with van der Waals surface area (Å²) >= 11 is 0. The number of hydrogen-bond acceptors (Lipinski definition) is 6. The minimum Gasteiger partial charge on any atom is -0.458 e. The number of benzene rings is 1. The number of allylic oxidation sites excluding steroid dienone is 4. The first-order valence-electron chi connectivity index (χ1n) is 14.5. The molecule has 0 radical (unpaired) electrons. The molecule has 42 heavy (non-hydrogen) atoms. The third-order valence-corrected chi connectivity index (χ3v) is 11.5. The van der Waals surface area contributed by atoms with E-state index >= 15 is 8.78 Å². The van der Waals surface area contributed by atoms with Crippen LogP contribution in [0.5, 0.6) is 0 Å². The minimum atomic E-state index is -2.28. The summed E-state index contributed by atoms with van der Waals surface area (Å²) in [5, 5.41) is 11.7. The first-order chi connectivity index (χ1) is 19.7. The van der Waals surface area contributed by atoms with E-state index in [1.807, 2.05) is 11.8 Å². The second kappa shape index (κ2) is 9.58. The van der Waals surface area contributed by atoms with Crippen LogP contribution in [0.3, 0.4) is 0 Å². The summed E-state index contributed by atoms with van der Waals surface area (Å²) in [4.78, 5) is 39.8. The maximum Gasteiger partial charge on any atom is 0.303 e. The van der Waals surface area contributed by atoms with Crippen LogP contribution < -0.4 is 0 Å². The van der Waals surface area contributed by atoms with E-state index in [0.717, 1.165) is 12.1 Å². The zero-order chi connectivity index (χ0) is 30.4.